The lowest BCUT2D eigenvalue weighted by Crippen LogP contribution is -2.75. The zero-order valence-electron chi connectivity index (χ0n) is 12.7. The lowest BCUT2D eigenvalue weighted by atomic mass is 10.0. The highest BCUT2D eigenvalue weighted by Crippen LogP contribution is 2.43. The Morgan fingerprint density at radius 1 is 1.52 bits per heavy atom. The molecule has 2 heterocycles. The zero-order chi connectivity index (χ0) is 17.5. The van der Waals surface area contributed by atoms with Crippen LogP contribution >= 0.6 is 31.9 Å². The van der Waals surface area contributed by atoms with Crippen molar-refractivity contribution in [1.29, 1.82) is 0 Å². The Kier molecular flexibility index (Phi) is 5.66. The normalized spacial score (nSPS) is 30.5. The van der Waals surface area contributed by atoms with Gasteiger partial charge in [0.25, 0.3) is 5.91 Å². The van der Waals surface area contributed by atoms with E-state index in [1.165, 1.54) is 4.90 Å². The maximum atomic E-state index is 12.6. The number of carbonyl (C=O) groups is 3. The molecule has 3 unspecified atom stereocenters. The van der Waals surface area contributed by atoms with Crippen LogP contribution < -0.4 is 5.32 Å². The molecule has 0 aromatic carbocycles. The van der Waals surface area contributed by atoms with Gasteiger partial charge in [0.2, 0.25) is 20.1 Å². The highest BCUT2D eigenvalue weighted by atomic mass is 79.9. The lowest BCUT2D eigenvalue weighted by molar-refractivity contribution is -0.149. The predicted molar refractivity (Wildman–Crippen MR) is 94.7 cm³/mol. The van der Waals surface area contributed by atoms with Gasteiger partial charge in [-0.05, 0) is 46.7 Å². The molecule has 23 heavy (non-hydrogen) atoms. The molecule has 2 rings (SSSR count). The Bertz CT molecular complexity index is 582. The number of β-lactam (4-membered cyclic amide) rings is 1. The summed E-state index contributed by atoms with van der Waals surface area (Å²) in [5.41, 5.74) is 0.616. The average Bonchev–Trinajstić information content (AvgIpc) is 2.45. The highest BCUT2D eigenvalue weighted by molar-refractivity contribution is 9.11. The van der Waals surface area contributed by atoms with Crippen molar-refractivity contribution in [1.82, 2.24) is 10.2 Å². The van der Waals surface area contributed by atoms with Crippen molar-refractivity contribution in [3.05, 3.63) is 11.3 Å². The first-order chi connectivity index (χ1) is 10.6. The van der Waals surface area contributed by atoms with Crippen LogP contribution in [-0.2, 0) is 30.0 Å². The van der Waals surface area contributed by atoms with E-state index in [1.807, 2.05) is 19.6 Å². The van der Waals surface area contributed by atoms with Gasteiger partial charge in [-0.1, -0.05) is 15.9 Å². The lowest BCUT2D eigenvalue weighted by Gasteiger charge is -2.50. The maximum Gasteiger partial charge on any atom is 0.342 e. The number of hydrogen-bond acceptors (Lipinski definition) is 5. The Morgan fingerprint density at radius 3 is 2.61 bits per heavy atom. The Labute approximate surface area is 154 Å². The summed E-state index contributed by atoms with van der Waals surface area (Å²) in [4.78, 5) is 36.7. The minimum Gasteiger partial charge on any atom is -0.614 e. The molecular formula is C12H16Br2N2O5SSi. The van der Waals surface area contributed by atoms with Crippen LogP contribution in [0.5, 0.6) is 0 Å². The molecule has 2 aliphatic rings. The monoisotopic (exact) mass is 486 g/mol. The maximum absolute atomic E-state index is 12.6. The molecule has 1 fully saturated rings. The van der Waals surface area contributed by atoms with Gasteiger partial charge in [0.15, 0.2) is 10.2 Å². The molecule has 1 N–H and O–H groups in total. The van der Waals surface area contributed by atoms with Gasteiger partial charge >= 0.3 is 5.97 Å². The summed E-state index contributed by atoms with van der Waals surface area (Å²) in [5, 5.41) is 1.86. The smallest absolute Gasteiger partial charge is 0.342 e. The molecule has 0 aromatic heterocycles. The third kappa shape index (κ3) is 3.39. The number of alkyl halides is 2. The molecule has 0 spiro atoms. The average molecular weight is 488 g/mol. The fourth-order valence-corrected chi connectivity index (χ4v) is 6.90. The summed E-state index contributed by atoms with van der Waals surface area (Å²) in [7, 11) is -2.17. The number of fused-ring (bicyclic) bond motifs is 1. The van der Waals surface area contributed by atoms with Gasteiger partial charge in [0, 0.05) is 10.9 Å². The SMILES string of the molecule is C[Si](C)(C)OC(=O)C1=C(CBr)C(Br)[S+]([O-])[C@H]2C(NC=O)C(=O)N12. The van der Waals surface area contributed by atoms with E-state index in [9.17, 15) is 18.9 Å². The second-order valence-electron chi connectivity index (χ2n) is 6.01. The van der Waals surface area contributed by atoms with Crippen LogP contribution in [0.3, 0.4) is 0 Å². The van der Waals surface area contributed by atoms with Crippen LogP contribution in [0.4, 0.5) is 0 Å². The molecule has 0 aliphatic carbocycles. The number of nitrogens with zero attached hydrogens (tertiary/aromatic N) is 1. The molecule has 11 heteroatoms. The Hall–Kier alpha value is -0.363. The minimum atomic E-state index is -2.17. The van der Waals surface area contributed by atoms with Crippen LogP contribution in [0.2, 0.25) is 19.6 Å². The molecule has 4 atom stereocenters. The van der Waals surface area contributed by atoms with E-state index in [0.717, 1.165) is 0 Å². The largest absolute Gasteiger partial charge is 0.614 e. The second-order valence-corrected chi connectivity index (χ2v) is 14.1. The standard InChI is InChI=1S/C12H16Br2N2O5SSi/c1-23(2,3)21-12(19)8-6(4-13)9(14)22(20)11-7(15-5-17)10(18)16(8)11/h5,7,9,11H,4H2,1-3H3,(H,15,17)/t7?,9?,11-,22?/m0/s1. The molecular weight excluding hydrogens is 472 g/mol. The molecule has 128 valence electrons. The molecule has 0 aromatic rings. The first kappa shape index (κ1) is 19.0. The van der Waals surface area contributed by atoms with Crippen LogP contribution in [0.25, 0.3) is 0 Å². The van der Waals surface area contributed by atoms with E-state index in [-0.39, 0.29) is 11.0 Å². The van der Waals surface area contributed by atoms with Crippen molar-refractivity contribution in [2.24, 2.45) is 0 Å². The molecule has 0 saturated carbocycles. The fraction of sp³-hybridized carbons (Fsp3) is 0.583. The third-order valence-corrected chi connectivity index (χ3v) is 8.00. The fourth-order valence-electron chi connectivity index (χ4n) is 2.37. The number of amides is 2. The Morgan fingerprint density at radius 2 is 2.13 bits per heavy atom. The van der Waals surface area contributed by atoms with E-state index in [2.05, 4.69) is 37.2 Å². The van der Waals surface area contributed by atoms with E-state index in [4.69, 9.17) is 4.43 Å². The number of rotatable bonds is 5. The van der Waals surface area contributed by atoms with Gasteiger partial charge in [-0.25, -0.2) is 4.79 Å². The van der Waals surface area contributed by atoms with E-state index < -0.39 is 46.9 Å². The second kappa shape index (κ2) is 6.87. The van der Waals surface area contributed by atoms with Crippen molar-refractivity contribution >= 4 is 69.6 Å². The third-order valence-electron chi connectivity index (χ3n) is 3.29. The van der Waals surface area contributed by atoms with Crippen LogP contribution in [0.15, 0.2) is 11.3 Å². The summed E-state index contributed by atoms with van der Waals surface area (Å²) in [6.07, 6.45) is 0.393. The van der Waals surface area contributed by atoms with Gasteiger partial charge in [-0.2, -0.15) is 0 Å². The van der Waals surface area contributed by atoms with Gasteiger partial charge in [-0.3, -0.25) is 14.5 Å². The summed E-state index contributed by atoms with van der Waals surface area (Å²) in [6, 6.07) is -0.889. The van der Waals surface area contributed by atoms with Crippen molar-refractivity contribution in [2.45, 2.75) is 35.2 Å². The van der Waals surface area contributed by atoms with Crippen molar-refractivity contribution in [3.63, 3.8) is 0 Å². The van der Waals surface area contributed by atoms with Gasteiger partial charge in [-0.15, -0.1) is 0 Å². The van der Waals surface area contributed by atoms with Crippen molar-refractivity contribution in [2.75, 3.05) is 5.33 Å². The molecule has 0 radical (unpaired) electrons. The van der Waals surface area contributed by atoms with E-state index in [1.54, 1.807) is 0 Å². The van der Waals surface area contributed by atoms with Crippen molar-refractivity contribution < 1.29 is 23.4 Å². The van der Waals surface area contributed by atoms with Crippen molar-refractivity contribution in [3.8, 4) is 0 Å². The van der Waals surface area contributed by atoms with Crippen LogP contribution in [0, 0.1) is 0 Å². The number of hydrogen-bond donors (Lipinski definition) is 1. The molecule has 1 saturated heterocycles. The first-order valence-electron chi connectivity index (χ1n) is 6.72. The Balaban J connectivity index is 2.44. The number of nitrogens with one attached hydrogen (secondary N) is 1. The highest BCUT2D eigenvalue weighted by Gasteiger charge is 2.63. The molecule has 7 nitrogen and oxygen atoms in total. The van der Waals surface area contributed by atoms with E-state index >= 15 is 0 Å². The zero-order valence-corrected chi connectivity index (χ0v) is 17.7. The van der Waals surface area contributed by atoms with Gasteiger partial charge in [0.1, 0.15) is 5.70 Å². The number of halogens is 2. The summed E-state index contributed by atoms with van der Waals surface area (Å²) in [5.74, 6) is -1.06. The minimum absolute atomic E-state index is 0.115. The first-order valence-corrected chi connectivity index (χ1v) is 13.4. The molecule has 2 aliphatic heterocycles. The quantitative estimate of drug-likeness (QED) is 0.203. The topological polar surface area (TPSA) is 98.8 Å². The predicted octanol–water partition coefficient (Wildman–Crippen LogP) is 0.780. The summed E-state index contributed by atoms with van der Waals surface area (Å²) in [6.45, 7) is 5.58. The van der Waals surface area contributed by atoms with Gasteiger partial charge < -0.3 is 14.3 Å². The molecule has 2 amide bonds. The van der Waals surface area contributed by atoms with Crippen LogP contribution in [0.1, 0.15) is 0 Å². The van der Waals surface area contributed by atoms with Crippen LogP contribution in [-0.4, -0.2) is 57.0 Å². The summed E-state index contributed by atoms with van der Waals surface area (Å²) >= 11 is 5.11. The van der Waals surface area contributed by atoms with Gasteiger partial charge in [0.05, 0.1) is 0 Å². The molecule has 0 bridgehead atoms. The number of carbonyl (C=O) groups excluding carboxylic acids is 3. The summed E-state index contributed by atoms with van der Waals surface area (Å²) < 4.78 is 17.5. The van der Waals surface area contributed by atoms with E-state index in [0.29, 0.717) is 12.0 Å².